The first-order valence-corrected chi connectivity index (χ1v) is 17.6. The van der Waals surface area contributed by atoms with Gasteiger partial charge in [0.05, 0.1) is 22.1 Å². The lowest BCUT2D eigenvalue weighted by atomic mass is 10.1. The molecule has 0 saturated heterocycles. The topological polar surface area (TPSA) is 28.7 Å². The largest absolute Gasteiger partial charge is 0.354 e. The van der Waals surface area contributed by atoms with E-state index in [1.165, 1.54) is 75.6 Å². The van der Waals surface area contributed by atoms with Crippen molar-refractivity contribution in [3.05, 3.63) is 101 Å². The summed E-state index contributed by atoms with van der Waals surface area (Å²) in [5, 5.41) is 8.14. The molecule has 2 bridgehead atoms. The third-order valence-corrected chi connectivity index (χ3v) is 14.4. The molecule has 4 heteroatoms. The van der Waals surface area contributed by atoms with Crippen LogP contribution in [0.2, 0.25) is 0 Å². The molecule has 2 nitrogen and oxygen atoms in total. The van der Waals surface area contributed by atoms with Crippen molar-refractivity contribution in [3.63, 3.8) is 0 Å². The van der Waals surface area contributed by atoms with Gasteiger partial charge in [0.15, 0.2) is 0 Å². The van der Waals surface area contributed by atoms with Gasteiger partial charge in [-0.1, -0.05) is 76.3 Å². The number of fused-ring (bicyclic) bond motifs is 4. The molecule has 0 amide bonds. The van der Waals surface area contributed by atoms with Gasteiger partial charge in [-0.2, -0.15) is 0 Å². The van der Waals surface area contributed by atoms with Crippen LogP contribution in [-0.4, -0.2) is 9.97 Å². The minimum atomic E-state index is -0.675. The molecule has 2 aliphatic carbocycles. The van der Waals surface area contributed by atoms with Crippen LogP contribution in [0.15, 0.2) is 78.9 Å². The molecular weight excluding hydrogens is 534 g/mol. The Balaban J connectivity index is 1.75. The zero-order valence-electron chi connectivity index (χ0n) is 24.1. The molecule has 202 valence electrons. The summed E-state index contributed by atoms with van der Waals surface area (Å²) in [7, 11) is -1.34. The monoisotopic (exact) mass is 568 g/mol. The van der Waals surface area contributed by atoms with Gasteiger partial charge in [-0.25, -0.2) is 4.98 Å². The van der Waals surface area contributed by atoms with Gasteiger partial charge in [0.2, 0.25) is 0 Å². The first-order valence-electron chi connectivity index (χ1n) is 14.8. The summed E-state index contributed by atoms with van der Waals surface area (Å²) in [4.78, 5) is 9.73. The van der Waals surface area contributed by atoms with E-state index in [-0.39, 0.29) is 0 Å². The van der Waals surface area contributed by atoms with Crippen LogP contribution in [0.3, 0.4) is 0 Å². The maximum atomic E-state index is 5.61. The summed E-state index contributed by atoms with van der Waals surface area (Å²) >= 11 is 0. The number of H-pyrrole nitrogens is 1. The summed E-state index contributed by atoms with van der Waals surface area (Å²) in [6, 6.07) is 26.0. The zero-order chi connectivity index (χ0) is 27.8. The number of aromatic nitrogens is 2. The molecule has 0 spiro atoms. The van der Waals surface area contributed by atoms with E-state index in [4.69, 9.17) is 4.98 Å². The fraction of sp³-hybridized carbons (Fsp3) is 0.216. The molecule has 0 radical (unpaired) electrons. The smallest absolute Gasteiger partial charge is 0.0822 e. The standard InChI is InChI=1S/C37H34N2P2/c1-22(2)40-32-15-7-13-28-17-29-14-8-16-33(37(29)39-36(28)32)41(23(3)4)35-21-27-12-6-10-25(27)19-31(35)38-30-18-24-9-5-11-26(24)20-34(30)40/h5-9,12-23,38H,10-11H2,1-4H3. The highest BCUT2D eigenvalue weighted by molar-refractivity contribution is 7.61. The van der Waals surface area contributed by atoms with Gasteiger partial charge in [-0.3, -0.25) is 0 Å². The summed E-state index contributed by atoms with van der Waals surface area (Å²) in [5.74, 6) is 0. The Morgan fingerprint density at radius 3 is 1.76 bits per heavy atom. The van der Waals surface area contributed by atoms with E-state index >= 15 is 0 Å². The highest BCUT2D eigenvalue weighted by Crippen LogP contribution is 2.54. The molecule has 0 fully saturated rings. The predicted molar refractivity (Wildman–Crippen MR) is 184 cm³/mol. The van der Waals surface area contributed by atoms with Crippen molar-refractivity contribution in [2.75, 3.05) is 0 Å². The van der Waals surface area contributed by atoms with Crippen molar-refractivity contribution in [1.82, 2.24) is 9.97 Å². The van der Waals surface area contributed by atoms with Crippen LogP contribution in [-0.2, 0) is 12.8 Å². The van der Waals surface area contributed by atoms with E-state index in [0.717, 1.165) is 12.8 Å². The third kappa shape index (κ3) is 3.96. The highest BCUT2D eigenvalue weighted by Gasteiger charge is 2.17. The molecule has 2 aliphatic rings. The van der Waals surface area contributed by atoms with Gasteiger partial charge in [0.1, 0.15) is 0 Å². The highest BCUT2D eigenvalue weighted by atomic mass is 31.1. The molecule has 0 saturated carbocycles. The average Bonchev–Trinajstić information content (AvgIpc) is 3.60. The molecule has 2 heterocycles. The quantitative estimate of drug-likeness (QED) is 0.207. The second kappa shape index (κ2) is 9.49. The van der Waals surface area contributed by atoms with Gasteiger partial charge in [-0.15, -0.1) is 15.1 Å². The Bertz CT molecular complexity index is 2210. The van der Waals surface area contributed by atoms with Crippen LogP contribution in [0.4, 0.5) is 0 Å². The molecule has 0 aliphatic heterocycles. The summed E-state index contributed by atoms with van der Waals surface area (Å²) in [5.41, 5.74) is 11.4. The lowest BCUT2D eigenvalue weighted by Gasteiger charge is -2.18. The predicted octanol–water partition coefficient (Wildman–Crippen LogP) is 12.1. The van der Waals surface area contributed by atoms with E-state index in [1.807, 2.05) is 0 Å². The lowest BCUT2D eigenvalue weighted by Crippen LogP contribution is -1.90. The van der Waals surface area contributed by atoms with Crippen LogP contribution < -0.4 is 0 Å². The van der Waals surface area contributed by atoms with Crippen molar-refractivity contribution in [3.8, 4) is 0 Å². The van der Waals surface area contributed by atoms with Crippen molar-refractivity contribution in [2.45, 2.75) is 51.9 Å². The van der Waals surface area contributed by atoms with Crippen LogP contribution in [0.25, 0.3) is 65.5 Å². The molecule has 4 aromatic carbocycles. The Morgan fingerprint density at radius 1 is 0.610 bits per heavy atom. The number of para-hydroxylation sites is 2. The van der Waals surface area contributed by atoms with E-state index < -0.39 is 15.1 Å². The van der Waals surface area contributed by atoms with Crippen molar-refractivity contribution >= 4 is 80.5 Å². The maximum Gasteiger partial charge on any atom is 0.0822 e. The van der Waals surface area contributed by atoms with E-state index in [0.29, 0.717) is 11.3 Å². The molecular formula is C37H34N2P2. The Hall–Kier alpha value is -3.57. The van der Waals surface area contributed by atoms with Crippen molar-refractivity contribution in [1.29, 1.82) is 0 Å². The SMILES string of the molecule is CC(C)p1c2cc3c(cc2[nH]c2cc4c(cc2p(C(C)C)c2cccc5cc6cccc1c6nc52)CC=C4)CC=C3. The number of hydrogen-bond acceptors (Lipinski definition) is 1. The number of nitrogens with one attached hydrogen (secondary N) is 1. The van der Waals surface area contributed by atoms with Gasteiger partial charge < -0.3 is 4.98 Å². The van der Waals surface area contributed by atoms with E-state index in [1.54, 1.807) is 0 Å². The molecule has 2 unspecified atom stereocenters. The van der Waals surface area contributed by atoms with Crippen LogP contribution in [0, 0.1) is 0 Å². The van der Waals surface area contributed by atoms with Crippen LogP contribution >= 0.6 is 15.1 Å². The average molecular weight is 569 g/mol. The normalized spacial score (nSPS) is 14.8. The number of hydrogen-bond donors (Lipinski definition) is 1. The fourth-order valence-electron chi connectivity index (χ4n) is 6.95. The molecule has 6 aromatic rings. The summed E-state index contributed by atoms with van der Waals surface area (Å²) < 4.78 is 0. The summed E-state index contributed by atoms with van der Waals surface area (Å²) in [6.45, 7) is 9.56. The number of benzene rings is 4. The first kappa shape index (κ1) is 25.2. The van der Waals surface area contributed by atoms with Crippen molar-refractivity contribution in [2.24, 2.45) is 0 Å². The third-order valence-electron chi connectivity index (χ3n) is 8.75. The second-order valence-electron chi connectivity index (χ2n) is 12.1. The number of allylic oxidation sites excluding steroid dienone is 2. The van der Waals surface area contributed by atoms with Gasteiger partial charge >= 0.3 is 0 Å². The Labute approximate surface area is 242 Å². The summed E-state index contributed by atoms with van der Waals surface area (Å²) in [6.07, 6.45) is 11.2. The number of pyridine rings is 1. The van der Waals surface area contributed by atoms with Crippen LogP contribution in [0.5, 0.6) is 0 Å². The maximum absolute atomic E-state index is 5.61. The molecule has 41 heavy (non-hydrogen) atoms. The minimum Gasteiger partial charge on any atom is -0.354 e. The molecule has 8 rings (SSSR count). The molecule has 1 N–H and O–H groups in total. The number of rotatable bonds is 2. The zero-order valence-corrected chi connectivity index (χ0v) is 25.9. The van der Waals surface area contributed by atoms with E-state index in [9.17, 15) is 0 Å². The second-order valence-corrected chi connectivity index (χ2v) is 17.6. The lowest BCUT2D eigenvalue weighted by molar-refractivity contribution is 1.03. The van der Waals surface area contributed by atoms with Gasteiger partial charge in [-0.05, 0) is 88.9 Å². The van der Waals surface area contributed by atoms with Gasteiger partial charge in [0, 0.05) is 31.2 Å². The van der Waals surface area contributed by atoms with E-state index in [2.05, 4.69) is 124 Å². The molecule has 2 atom stereocenters. The number of aromatic amines is 1. The Morgan fingerprint density at radius 2 is 1.15 bits per heavy atom. The first-order chi connectivity index (χ1) is 20.0. The van der Waals surface area contributed by atoms with Crippen LogP contribution in [0.1, 0.15) is 61.3 Å². The number of nitrogens with zero attached hydrogens (tertiary/aromatic N) is 1. The Kier molecular flexibility index (Phi) is 5.82. The van der Waals surface area contributed by atoms with Gasteiger partial charge in [0.25, 0.3) is 0 Å². The van der Waals surface area contributed by atoms with Crippen molar-refractivity contribution < 1.29 is 0 Å². The fourth-order valence-corrected chi connectivity index (χ4v) is 12.3. The molecule has 2 aromatic heterocycles. The minimum absolute atomic E-state index is 0.463.